The van der Waals surface area contributed by atoms with Gasteiger partial charge in [0.25, 0.3) is 0 Å². The van der Waals surface area contributed by atoms with Gasteiger partial charge >= 0.3 is 0 Å². The van der Waals surface area contributed by atoms with Crippen LogP contribution in [0.2, 0.25) is 0 Å². The number of nitrogens with zero attached hydrogens (tertiary/aromatic N) is 2. The minimum atomic E-state index is 0.149. The van der Waals surface area contributed by atoms with Gasteiger partial charge in [-0.15, -0.1) is 0 Å². The number of thiocarbonyl (C=S) groups is 1. The Morgan fingerprint density at radius 3 is 2.73 bits per heavy atom. The number of hydrogen-bond acceptors (Lipinski definition) is 4. The predicted octanol–water partition coefficient (Wildman–Crippen LogP) is 0.456. The van der Waals surface area contributed by atoms with Gasteiger partial charge in [0.05, 0.1) is 6.20 Å². The van der Waals surface area contributed by atoms with E-state index in [1.165, 1.54) is 6.20 Å². The molecule has 0 atom stereocenters. The molecular weight excluding hydrogens is 228 g/mol. The summed E-state index contributed by atoms with van der Waals surface area (Å²) in [5, 5.41) is 0. The van der Waals surface area contributed by atoms with E-state index in [-0.39, 0.29) is 10.8 Å². The summed E-state index contributed by atoms with van der Waals surface area (Å²) in [7, 11) is 0. The highest BCUT2D eigenvalue weighted by Crippen LogP contribution is 2.09. The van der Waals surface area contributed by atoms with Crippen LogP contribution >= 0.6 is 28.1 Å². The summed E-state index contributed by atoms with van der Waals surface area (Å²) in [4.78, 5) is 7.89. The number of anilines is 1. The van der Waals surface area contributed by atoms with Crippen molar-refractivity contribution in [1.29, 1.82) is 0 Å². The SMILES string of the molecule is NC(=S)c1nc(Br)cnc1N. The topological polar surface area (TPSA) is 77.8 Å². The molecule has 0 spiro atoms. The van der Waals surface area contributed by atoms with E-state index < -0.39 is 0 Å². The van der Waals surface area contributed by atoms with Crippen LogP contribution < -0.4 is 11.5 Å². The van der Waals surface area contributed by atoms with Crippen LogP contribution in [-0.4, -0.2) is 15.0 Å². The van der Waals surface area contributed by atoms with E-state index in [0.29, 0.717) is 10.3 Å². The Morgan fingerprint density at radius 1 is 1.64 bits per heavy atom. The summed E-state index contributed by atoms with van der Waals surface area (Å²) in [5.41, 5.74) is 11.1. The highest BCUT2D eigenvalue weighted by atomic mass is 79.9. The zero-order valence-electron chi connectivity index (χ0n) is 5.41. The molecule has 0 fully saturated rings. The smallest absolute Gasteiger partial charge is 0.152 e. The van der Waals surface area contributed by atoms with Crippen LogP contribution in [0.3, 0.4) is 0 Å². The van der Waals surface area contributed by atoms with E-state index in [0.717, 1.165) is 0 Å². The lowest BCUT2D eigenvalue weighted by Crippen LogP contribution is -2.15. The predicted molar refractivity (Wildman–Crippen MR) is 50.0 cm³/mol. The summed E-state index contributed by atoms with van der Waals surface area (Å²) in [6.45, 7) is 0. The molecule has 0 aliphatic rings. The molecule has 0 amide bonds. The maximum absolute atomic E-state index is 5.43. The third kappa shape index (κ3) is 1.84. The first-order chi connectivity index (χ1) is 5.11. The fraction of sp³-hybridized carbons (Fsp3) is 0. The van der Waals surface area contributed by atoms with Crippen LogP contribution in [0, 0.1) is 0 Å². The minimum absolute atomic E-state index is 0.149. The Morgan fingerprint density at radius 2 is 2.27 bits per heavy atom. The van der Waals surface area contributed by atoms with E-state index in [9.17, 15) is 0 Å². The molecular formula is C5H5BrN4S. The monoisotopic (exact) mass is 232 g/mol. The van der Waals surface area contributed by atoms with E-state index in [2.05, 4.69) is 38.1 Å². The van der Waals surface area contributed by atoms with Crippen molar-refractivity contribution in [3.8, 4) is 0 Å². The first kappa shape index (κ1) is 8.35. The van der Waals surface area contributed by atoms with Crippen molar-refractivity contribution in [2.24, 2.45) is 5.73 Å². The van der Waals surface area contributed by atoms with Crippen LogP contribution in [0.1, 0.15) is 5.69 Å². The first-order valence-corrected chi connectivity index (χ1v) is 3.89. The van der Waals surface area contributed by atoms with Gasteiger partial charge in [0.1, 0.15) is 15.3 Å². The zero-order chi connectivity index (χ0) is 8.43. The number of nitrogen functional groups attached to an aromatic ring is 1. The quantitative estimate of drug-likeness (QED) is 0.689. The molecule has 4 nitrogen and oxygen atoms in total. The highest BCUT2D eigenvalue weighted by Gasteiger charge is 2.04. The van der Waals surface area contributed by atoms with Gasteiger partial charge in [-0.25, -0.2) is 9.97 Å². The molecule has 11 heavy (non-hydrogen) atoms. The Balaban J connectivity index is 3.23. The Kier molecular flexibility index (Phi) is 2.35. The summed E-state index contributed by atoms with van der Waals surface area (Å²) >= 11 is 7.80. The Labute approximate surface area is 77.1 Å². The first-order valence-electron chi connectivity index (χ1n) is 2.69. The van der Waals surface area contributed by atoms with E-state index in [1.54, 1.807) is 0 Å². The molecule has 0 aromatic carbocycles. The molecule has 0 bridgehead atoms. The minimum Gasteiger partial charge on any atom is -0.388 e. The second-order valence-electron chi connectivity index (χ2n) is 1.79. The van der Waals surface area contributed by atoms with Gasteiger partial charge < -0.3 is 11.5 Å². The molecule has 0 radical (unpaired) electrons. The largest absolute Gasteiger partial charge is 0.388 e. The van der Waals surface area contributed by atoms with Crippen LogP contribution in [0.5, 0.6) is 0 Å². The van der Waals surface area contributed by atoms with Crippen molar-refractivity contribution >= 4 is 39.0 Å². The van der Waals surface area contributed by atoms with Gasteiger partial charge in [-0.05, 0) is 15.9 Å². The second kappa shape index (κ2) is 3.10. The fourth-order valence-corrected chi connectivity index (χ4v) is 0.988. The van der Waals surface area contributed by atoms with Crippen LogP contribution in [0.25, 0.3) is 0 Å². The molecule has 0 aliphatic heterocycles. The molecule has 58 valence electrons. The number of halogens is 1. The average molecular weight is 233 g/mol. The molecule has 0 saturated heterocycles. The van der Waals surface area contributed by atoms with Gasteiger partial charge in [-0.3, -0.25) is 0 Å². The molecule has 1 heterocycles. The maximum Gasteiger partial charge on any atom is 0.152 e. The Bertz CT molecular complexity index is 301. The van der Waals surface area contributed by atoms with Gasteiger partial charge in [-0.1, -0.05) is 12.2 Å². The van der Waals surface area contributed by atoms with Crippen molar-refractivity contribution in [1.82, 2.24) is 9.97 Å². The molecule has 1 aromatic rings. The average Bonchev–Trinajstić information content (AvgIpc) is 1.94. The van der Waals surface area contributed by atoms with Gasteiger partial charge in [0.15, 0.2) is 5.82 Å². The molecule has 6 heteroatoms. The lowest BCUT2D eigenvalue weighted by atomic mass is 10.4. The maximum atomic E-state index is 5.43. The van der Waals surface area contributed by atoms with E-state index in [1.807, 2.05) is 0 Å². The van der Waals surface area contributed by atoms with Crippen LogP contribution in [0.4, 0.5) is 5.82 Å². The normalized spacial score (nSPS) is 9.55. The van der Waals surface area contributed by atoms with E-state index >= 15 is 0 Å². The third-order valence-electron chi connectivity index (χ3n) is 1.00. The fourth-order valence-electron chi connectivity index (χ4n) is 0.558. The molecule has 0 unspecified atom stereocenters. The van der Waals surface area contributed by atoms with Crippen molar-refractivity contribution in [2.45, 2.75) is 0 Å². The van der Waals surface area contributed by atoms with E-state index in [4.69, 9.17) is 11.5 Å². The van der Waals surface area contributed by atoms with Crippen molar-refractivity contribution < 1.29 is 0 Å². The molecule has 1 rings (SSSR count). The Hall–Kier alpha value is -0.750. The third-order valence-corrected chi connectivity index (χ3v) is 1.58. The number of hydrogen-bond donors (Lipinski definition) is 2. The number of nitrogens with two attached hydrogens (primary N) is 2. The van der Waals surface area contributed by atoms with Crippen molar-refractivity contribution in [2.75, 3.05) is 5.73 Å². The number of rotatable bonds is 1. The lowest BCUT2D eigenvalue weighted by Gasteiger charge is -2.00. The van der Waals surface area contributed by atoms with Gasteiger partial charge in [-0.2, -0.15) is 0 Å². The second-order valence-corrected chi connectivity index (χ2v) is 3.04. The molecule has 0 aliphatic carbocycles. The summed E-state index contributed by atoms with van der Waals surface area (Å²) in [6.07, 6.45) is 1.48. The molecule has 1 aromatic heterocycles. The van der Waals surface area contributed by atoms with Gasteiger partial charge in [0.2, 0.25) is 0 Å². The summed E-state index contributed by atoms with van der Waals surface area (Å²) in [5.74, 6) is 0.251. The molecule has 4 N–H and O–H groups in total. The molecule has 0 saturated carbocycles. The summed E-state index contributed by atoms with van der Waals surface area (Å²) in [6, 6.07) is 0. The summed E-state index contributed by atoms with van der Waals surface area (Å²) < 4.78 is 0.564. The standard InChI is InChI=1S/C5H5BrN4S/c6-2-1-9-4(7)3(10-2)5(8)11/h1H,(H2,7,9)(H2,8,11). The van der Waals surface area contributed by atoms with Crippen molar-refractivity contribution in [3.05, 3.63) is 16.5 Å². The van der Waals surface area contributed by atoms with Crippen molar-refractivity contribution in [3.63, 3.8) is 0 Å². The van der Waals surface area contributed by atoms with Crippen LogP contribution in [0.15, 0.2) is 10.8 Å². The lowest BCUT2D eigenvalue weighted by molar-refractivity contribution is 1.15. The highest BCUT2D eigenvalue weighted by molar-refractivity contribution is 9.10. The van der Waals surface area contributed by atoms with Gasteiger partial charge in [0, 0.05) is 0 Å². The van der Waals surface area contributed by atoms with Crippen LogP contribution in [-0.2, 0) is 0 Å². The zero-order valence-corrected chi connectivity index (χ0v) is 7.82. The number of aromatic nitrogens is 2.